The van der Waals surface area contributed by atoms with Crippen molar-refractivity contribution in [3.05, 3.63) is 12.3 Å². The summed E-state index contributed by atoms with van der Waals surface area (Å²) in [7, 11) is 0. The minimum Gasteiger partial charge on any atom is -0.477 e. The normalized spacial score (nSPS) is 18.8. The number of amides is 1. The molecule has 0 bridgehead atoms. The first-order valence-electron chi connectivity index (χ1n) is 5.87. The molecule has 1 aromatic heterocycles. The average molecular weight is 235 g/mol. The number of nitrogens with zero attached hydrogens (tertiary/aromatic N) is 2. The summed E-state index contributed by atoms with van der Waals surface area (Å²) in [5, 5.41) is 0. The van der Waals surface area contributed by atoms with Gasteiger partial charge in [-0.2, -0.15) is 0 Å². The Hall–Kier alpha value is -1.78. The highest BCUT2D eigenvalue weighted by molar-refractivity contribution is 5.98. The molecule has 0 saturated carbocycles. The van der Waals surface area contributed by atoms with Crippen LogP contribution < -0.4 is 15.4 Å². The highest BCUT2D eigenvalue weighted by Gasteiger charge is 2.32. The zero-order valence-corrected chi connectivity index (χ0v) is 10.1. The molecule has 0 spiro atoms. The van der Waals surface area contributed by atoms with Crippen LogP contribution in [0.3, 0.4) is 0 Å². The van der Waals surface area contributed by atoms with Crippen LogP contribution in [-0.2, 0) is 4.79 Å². The maximum absolute atomic E-state index is 12.0. The molecule has 2 N–H and O–H groups in total. The van der Waals surface area contributed by atoms with Gasteiger partial charge in [0.2, 0.25) is 0 Å². The van der Waals surface area contributed by atoms with Gasteiger partial charge in [-0.25, -0.2) is 4.98 Å². The molecular weight excluding hydrogens is 218 g/mol. The van der Waals surface area contributed by atoms with Gasteiger partial charge in [0.25, 0.3) is 5.91 Å². The van der Waals surface area contributed by atoms with Gasteiger partial charge in [-0.3, -0.25) is 9.69 Å². The molecular formula is C12H17N3O2. The van der Waals surface area contributed by atoms with Gasteiger partial charge in [0.15, 0.2) is 17.7 Å². The minimum absolute atomic E-state index is 0.0387. The first-order valence-corrected chi connectivity index (χ1v) is 5.87. The average Bonchev–Trinajstić information content (AvgIpc) is 2.30. The number of pyridine rings is 1. The van der Waals surface area contributed by atoms with Crippen LogP contribution in [0.15, 0.2) is 12.3 Å². The summed E-state index contributed by atoms with van der Waals surface area (Å²) >= 11 is 0. The molecule has 0 fully saturated rings. The predicted molar refractivity (Wildman–Crippen MR) is 66.0 cm³/mol. The standard InChI is InChI=1S/C12H17N3O2/c1-3-4-5-15-11-10(6-9(13)7-14-11)17-8(2)12(15)16/h6-8H,3-5,13H2,1-2H3. The summed E-state index contributed by atoms with van der Waals surface area (Å²) in [4.78, 5) is 17.9. The number of nitrogens with two attached hydrogens (primary N) is 1. The second-order valence-corrected chi connectivity index (χ2v) is 4.19. The summed E-state index contributed by atoms with van der Waals surface area (Å²) in [5.41, 5.74) is 6.20. The highest BCUT2D eigenvalue weighted by Crippen LogP contribution is 2.33. The number of nitrogen functional groups attached to an aromatic ring is 1. The molecule has 5 heteroatoms. The fourth-order valence-electron chi connectivity index (χ4n) is 1.84. The molecule has 2 rings (SSSR count). The van der Waals surface area contributed by atoms with Gasteiger partial charge in [-0.15, -0.1) is 0 Å². The van der Waals surface area contributed by atoms with Crippen molar-refractivity contribution in [2.24, 2.45) is 0 Å². The van der Waals surface area contributed by atoms with Gasteiger partial charge in [0.1, 0.15) is 0 Å². The lowest BCUT2D eigenvalue weighted by molar-refractivity contribution is -0.125. The van der Waals surface area contributed by atoms with Crippen LogP contribution in [0, 0.1) is 0 Å². The van der Waals surface area contributed by atoms with Gasteiger partial charge in [0.05, 0.1) is 11.9 Å². The van der Waals surface area contributed by atoms with Crippen LogP contribution in [0.5, 0.6) is 5.75 Å². The third kappa shape index (κ3) is 2.18. The lowest BCUT2D eigenvalue weighted by Gasteiger charge is -2.31. The number of fused-ring (bicyclic) bond motifs is 1. The number of anilines is 2. The SMILES string of the molecule is CCCCN1C(=O)C(C)Oc2cc(N)cnc21. The number of ether oxygens (including phenoxy) is 1. The Morgan fingerprint density at radius 2 is 2.35 bits per heavy atom. The first-order chi connectivity index (χ1) is 8.13. The largest absolute Gasteiger partial charge is 0.477 e. The molecule has 92 valence electrons. The number of carbonyl (C=O) groups excluding carboxylic acids is 1. The quantitative estimate of drug-likeness (QED) is 0.863. The van der Waals surface area contributed by atoms with Crippen molar-refractivity contribution < 1.29 is 9.53 Å². The third-order valence-electron chi connectivity index (χ3n) is 2.76. The van der Waals surface area contributed by atoms with Crippen molar-refractivity contribution in [2.75, 3.05) is 17.2 Å². The van der Waals surface area contributed by atoms with E-state index in [-0.39, 0.29) is 5.91 Å². The van der Waals surface area contributed by atoms with Crippen LogP contribution in [0.2, 0.25) is 0 Å². The van der Waals surface area contributed by atoms with Crippen LogP contribution in [0.25, 0.3) is 0 Å². The van der Waals surface area contributed by atoms with Crippen LogP contribution in [0.1, 0.15) is 26.7 Å². The number of hydrogen-bond donors (Lipinski definition) is 1. The molecule has 2 heterocycles. The summed E-state index contributed by atoms with van der Waals surface area (Å²) < 4.78 is 5.50. The number of unbranched alkanes of at least 4 members (excludes halogenated alkanes) is 1. The molecule has 0 aromatic carbocycles. The molecule has 0 radical (unpaired) electrons. The van der Waals surface area contributed by atoms with E-state index in [1.165, 1.54) is 0 Å². The Morgan fingerprint density at radius 3 is 3.06 bits per heavy atom. The third-order valence-corrected chi connectivity index (χ3v) is 2.76. The Labute approximate surface area is 101 Å². The summed E-state index contributed by atoms with van der Waals surface area (Å²) in [6.45, 7) is 4.51. The Kier molecular flexibility index (Phi) is 3.17. The number of hydrogen-bond acceptors (Lipinski definition) is 4. The van der Waals surface area contributed by atoms with Crippen molar-refractivity contribution in [3.63, 3.8) is 0 Å². The van der Waals surface area contributed by atoms with Crippen molar-refractivity contribution in [2.45, 2.75) is 32.8 Å². The molecule has 1 aliphatic rings. The molecule has 1 amide bonds. The topological polar surface area (TPSA) is 68.5 Å². The Morgan fingerprint density at radius 1 is 1.59 bits per heavy atom. The van der Waals surface area contributed by atoms with Crippen LogP contribution >= 0.6 is 0 Å². The predicted octanol–water partition coefficient (Wildman–Crippen LogP) is 1.58. The molecule has 5 nitrogen and oxygen atoms in total. The molecule has 0 aliphatic carbocycles. The van der Waals surface area contributed by atoms with Gasteiger partial charge in [-0.1, -0.05) is 13.3 Å². The van der Waals surface area contributed by atoms with Gasteiger partial charge in [0, 0.05) is 12.6 Å². The fourth-order valence-corrected chi connectivity index (χ4v) is 1.84. The summed E-state index contributed by atoms with van der Waals surface area (Å²) in [6, 6.07) is 1.71. The van der Waals surface area contributed by atoms with Crippen molar-refractivity contribution >= 4 is 17.4 Å². The summed E-state index contributed by atoms with van der Waals surface area (Å²) in [5.74, 6) is 1.13. The fraction of sp³-hybridized carbons (Fsp3) is 0.500. The van der Waals surface area contributed by atoms with E-state index in [2.05, 4.69) is 11.9 Å². The Balaban J connectivity index is 2.34. The Bertz CT molecular complexity index is 434. The van der Waals surface area contributed by atoms with Gasteiger partial charge >= 0.3 is 0 Å². The number of aromatic nitrogens is 1. The number of carbonyl (C=O) groups is 1. The van der Waals surface area contributed by atoms with E-state index in [1.807, 2.05) is 0 Å². The summed E-state index contributed by atoms with van der Waals surface area (Å²) in [6.07, 6.45) is 3.06. The highest BCUT2D eigenvalue weighted by atomic mass is 16.5. The second-order valence-electron chi connectivity index (χ2n) is 4.19. The first kappa shape index (κ1) is 11.7. The molecule has 0 saturated heterocycles. The van der Waals surface area contributed by atoms with E-state index < -0.39 is 6.10 Å². The molecule has 1 aromatic rings. The van der Waals surface area contributed by atoms with E-state index >= 15 is 0 Å². The molecule has 1 atom stereocenters. The number of rotatable bonds is 3. The maximum atomic E-state index is 12.0. The molecule has 1 unspecified atom stereocenters. The van der Waals surface area contributed by atoms with E-state index in [0.717, 1.165) is 12.8 Å². The van der Waals surface area contributed by atoms with E-state index in [1.54, 1.807) is 24.1 Å². The van der Waals surface area contributed by atoms with Crippen LogP contribution in [-0.4, -0.2) is 23.5 Å². The molecule has 1 aliphatic heterocycles. The van der Waals surface area contributed by atoms with E-state index in [4.69, 9.17) is 10.5 Å². The zero-order chi connectivity index (χ0) is 12.4. The van der Waals surface area contributed by atoms with Crippen LogP contribution in [0.4, 0.5) is 11.5 Å². The van der Waals surface area contributed by atoms with E-state index in [0.29, 0.717) is 23.8 Å². The smallest absolute Gasteiger partial charge is 0.269 e. The zero-order valence-electron chi connectivity index (χ0n) is 10.1. The van der Waals surface area contributed by atoms with Gasteiger partial charge < -0.3 is 10.5 Å². The lowest BCUT2D eigenvalue weighted by atomic mass is 10.2. The monoisotopic (exact) mass is 235 g/mol. The van der Waals surface area contributed by atoms with Crippen molar-refractivity contribution in [3.8, 4) is 5.75 Å². The molecule has 17 heavy (non-hydrogen) atoms. The lowest BCUT2D eigenvalue weighted by Crippen LogP contribution is -2.45. The van der Waals surface area contributed by atoms with Crippen molar-refractivity contribution in [1.29, 1.82) is 0 Å². The van der Waals surface area contributed by atoms with Crippen molar-refractivity contribution in [1.82, 2.24) is 4.98 Å². The maximum Gasteiger partial charge on any atom is 0.269 e. The second kappa shape index (κ2) is 4.61. The minimum atomic E-state index is -0.469. The van der Waals surface area contributed by atoms with Gasteiger partial charge in [-0.05, 0) is 13.3 Å². The van der Waals surface area contributed by atoms with E-state index in [9.17, 15) is 4.79 Å².